The summed E-state index contributed by atoms with van der Waals surface area (Å²) in [5, 5.41) is 6.63. The molecular formula is C20H30N4O2S. The Labute approximate surface area is 166 Å². The smallest absolute Gasteiger partial charge is 0.194 e. The molecule has 2 aromatic rings. The summed E-state index contributed by atoms with van der Waals surface area (Å²) in [7, 11) is 7.10. The first-order valence-corrected chi connectivity index (χ1v) is 9.74. The van der Waals surface area contributed by atoms with Crippen LogP contribution in [0.15, 0.2) is 28.6 Å². The lowest BCUT2D eigenvalue weighted by Crippen LogP contribution is -2.38. The van der Waals surface area contributed by atoms with Gasteiger partial charge in [-0.3, -0.25) is 4.99 Å². The van der Waals surface area contributed by atoms with E-state index in [0.29, 0.717) is 13.1 Å². The highest BCUT2D eigenvalue weighted by atomic mass is 32.1. The molecule has 0 spiro atoms. The van der Waals surface area contributed by atoms with Gasteiger partial charge in [-0.15, -0.1) is 11.3 Å². The van der Waals surface area contributed by atoms with Crippen LogP contribution in [0.1, 0.15) is 37.0 Å². The molecule has 0 radical (unpaired) electrons. The number of aromatic nitrogens is 1. The Morgan fingerprint density at radius 1 is 1.26 bits per heavy atom. The van der Waals surface area contributed by atoms with Crippen molar-refractivity contribution in [2.75, 3.05) is 28.3 Å². The van der Waals surface area contributed by atoms with Crippen molar-refractivity contribution in [2.24, 2.45) is 4.99 Å². The minimum atomic E-state index is 0.0757. The van der Waals surface area contributed by atoms with Crippen molar-refractivity contribution in [3.8, 4) is 11.5 Å². The van der Waals surface area contributed by atoms with E-state index in [2.05, 4.69) is 41.4 Å². The van der Waals surface area contributed by atoms with Crippen LogP contribution in [0, 0.1) is 0 Å². The second kappa shape index (κ2) is 9.08. The van der Waals surface area contributed by atoms with Gasteiger partial charge < -0.3 is 19.7 Å². The number of ether oxygens (including phenoxy) is 2. The topological polar surface area (TPSA) is 59.0 Å². The molecule has 1 heterocycles. The molecule has 0 saturated heterocycles. The Balaban J connectivity index is 2.02. The maximum absolute atomic E-state index is 5.49. The monoisotopic (exact) mass is 390 g/mol. The quantitative estimate of drug-likeness (QED) is 0.602. The van der Waals surface area contributed by atoms with Crippen LogP contribution in [0.4, 0.5) is 0 Å². The number of nitrogens with one attached hydrogen (secondary N) is 1. The van der Waals surface area contributed by atoms with Crippen LogP contribution in [-0.4, -0.2) is 44.2 Å². The summed E-state index contributed by atoms with van der Waals surface area (Å²) < 4.78 is 10.8. The number of methoxy groups -OCH3 is 2. The van der Waals surface area contributed by atoms with Crippen LogP contribution in [0.2, 0.25) is 0 Å². The Morgan fingerprint density at radius 3 is 2.56 bits per heavy atom. The van der Waals surface area contributed by atoms with Crippen LogP contribution in [0.3, 0.4) is 0 Å². The summed E-state index contributed by atoms with van der Waals surface area (Å²) in [6, 6.07) is 5.84. The van der Waals surface area contributed by atoms with Crippen molar-refractivity contribution in [3.05, 3.63) is 39.8 Å². The highest BCUT2D eigenvalue weighted by molar-refractivity contribution is 7.09. The van der Waals surface area contributed by atoms with Crippen molar-refractivity contribution in [3.63, 3.8) is 0 Å². The fraction of sp³-hybridized carbons (Fsp3) is 0.500. The third-order valence-corrected chi connectivity index (χ3v) is 5.41. The van der Waals surface area contributed by atoms with E-state index in [9.17, 15) is 0 Å². The van der Waals surface area contributed by atoms with Gasteiger partial charge in [-0.1, -0.05) is 20.8 Å². The van der Waals surface area contributed by atoms with Crippen LogP contribution >= 0.6 is 11.3 Å². The normalized spacial score (nSPS) is 12.0. The van der Waals surface area contributed by atoms with Gasteiger partial charge in [0, 0.05) is 43.1 Å². The minimum Gasteiger partial charge on any atom is -0.497 e. The number of benzene rings is 1. The highest BCUT2D eigenvalue weighted by Crippen LogP contribution is 2.26. The zero-order chi connectivity index (χ0) is 20.0. The first-order valence-electron chi connectivity index (χ1n) is 8.86. The van der Waals surface area contributed by atoms with Gasteiger partial charge in [0.15, 0.2) is 5.96 Å². The molecule has 0 bridgehead atoms. The molecule has 0 aliphatic rings. The molecule has 1 aromatic heterocycles. The van der Waals surface area contributed by atoms with Gasteiger partial charge in [0.1, 0.15) is 11.5 Å². The fourth-order valence-corrected chi connectivity index (χ4v) is 3.51. The van der Waals surface area contributed by atoms with E-state index in [1.807, 2.05) is 25.2 Å². The van der Waals surface area contributed by atoms with Crippen molar-refractivity contribution >= 4 is 17.3 Å². The van der Waals surface area contributed by atoms with E-state index in [1.165, 1.54) is 0 Å². The lowest BCUT2D eigenvalue weighted by Gasteiger charge is -2.23. The Kier molecular flexibility index (Phi) is 7.07. The first-order chi connectivity index (χ1) is 12.8. The zero-order valence-electron chi connectivity index (χ0n) is 17.3. The van der Waals surface area contributed by atoms with Crippen molar-refractivity contribution in [1.82, 2.24) is 15.2 Å². The lowest BCUT2D eigenvalue weighted by molar-refractivity contribution is 0.382. The third-order valence-electron chi connectivity index (χ3n) is 4.10. The summed E-state index contributed by atoms with van der Waals surface area (Å²) in [4.78, 5) is 11.2. The number of nitrogens with zero attached hydrogens (tertiary/aromatic N) is 3. The minimum absolute atomic E-state index is 0.0757. The standard InChI is InChI=1S/C20H30N4O2S/c1-20(2,3)18-23-15(13-27-18)11-22-19(21-4)24(5)12-14-8-9-16(25-6)10-17(14)26-7/h8-10,13H,11-12H2,1-7H3,(H,21,22). The number of hydrogen-bond acceptors (Lipinski definition) is 5. The van der Waals surface area contributed by atoms with Crippen molar-refractivity contribution < 1.29 is 9.47 Å². The van der Waals surface area contributed by atoms with Gasteiger partial charge in [0.25, 0.3) is 0 Å². The Hall–Kier alpha value is -2.28. The molecule has 148 valence electrons. The second-order valence-electron chi connectivity index (χ2n) is 7.33. The van der Waals surface area contributed by atoms with Gasteiger partial charge in [-0.25, -0.2) is 4.98 Å². The summed E-state index contributed by atoms with van der Waals surface area (Å²) in [6.45, 7) is 7.84. The molecule has 6 nitrogen and oxygen atoms in total. The highest BCUT2D eigenvalue weighted by Gasteiger charge is 2.18. The predicted octanol–water partition coefficient (Wildman–Crippen LogP) is 3.67. The molecule has 2 rings (SSSR count). The molecule has 1 aromatic carbocycles. The zero-order valence-corrected chi connectivity index (χ0v) is 18.1. The van der Waals surface area contributed by atoms with E-state index in [4.69, 9.17) is 14.5 Å². The van der Waals surface area contributed by atoms with Crippen LogP contribution < -0.4 is 14.8 Å². The van der Waals surface area contributed by atoms with Gasteiger partial charge in [0.05, 0.1) is 31.5 Å². The molecule has 0 atom stereocenters. The maximum Gasteiger partial charge on any atom is 0.194 e. The number of aliphatic imine (C=N–C) groups is 1. The van der Waals surface area contributed by atoms with E-state index in [-0.39, 0.29) is 5.41 Å². The molecular weight excluding hydrogens is 360 g/mol. The largest absolute Gasteiger partial charge is 0.497 e. The van der Waals surface area contributed by atoms with E-state index < -0.39 is 0 Å². The molecule has 1 N–H and O–H groups in total. The van der Waals surface area contributed by atoms with Gasteiger partial charge in [-0.05, 0) is 12.1 Å². The summed E-state index contributed by atoms with van der Waals surface area (Å²) in [5.41, 5.74) is 2.17. The van der Waals surface area contributed by atoms with Crippen molar-refractivity contribution in [1.29, 1.82) is 0 Å². The van der Waals surface area contributed by atoms with Crippen LogP contribution in [-0.2, 0) is 18.5 Å². The summed E-state index contributed by atoms with van der Waals surface area (Å²) >= 11 is 1.70. The molecule has 0 aliphatic carbocycles. The lowest BCUT2D eigenvalue weighted by atomic mass is 9.98. The average Bonchev–Trinajstić information content (AvgIpc) is 3.12. The van der Waals surface area contributed by atoms with Gasteiger partial charge in [0.2, 0.25) is 0 Å². The Morgan fingerprint density at radius 2 is 2.00 bits per heavy atom. The number of rotatable bonds is 6. The molecule has 7 heteroatoms. The average molecular weight is 391 g/mol. The SMILES string of the molecule is CN=C(NCc1csc(C(C)(C)C)n1)N(C)Cc1ccc(OC)cc1OC. The maximum atomic E-state index is 5.49. The van der Waals surface area contributed by atoms with Crippen LogP contribution in [0.25, 0.3) is 0 Å². The summed E-state index contributed by atoms with van der Waals surface area (Å²) in [6.07, 6.45) is 0. The van der Waals surface area contributed by atoms with Crippen LogP contribution in [0.5, 0.6) is 11.5 Å². The first kappa shape index (κ1) is 21.0. The van der Waals surface area contributed by atoms with E-state index in [0.717, 1.165) is 33.7 Å². The van der Waals surface area contributed by atoms with Gasteiger partial charge >= 0.3 is 0 Å². The second-order valence-corrected chi connectivity index (χ2v) is 8.19. The number of thiazole rings is 1. The van der Waals surface area contributed by atoms with E-state index in [1.54, 1.807) is 32.6 Å². The van der Waals surface area contributed by atoms with Crippen molar-refractivity contribution in [2.45, 2.75) is 39.3 Å². The Bertz CT molecular complexity index is 781. The molecule has 0 amide bonds. The molecule has 0 fully saturated rings. The third kappa shape index (κ3) is 5.60. The number of guanidine groups is 1. The molecule has 0 saturated carbocycles. The predicted molar refractivity (Wildman–Crippen MR) is 112 cm³/mol. The fourth-order valence-electron chi connectivity index (χ4n) is 2.60. The van der Waals surface area contributed by atoms with E-state index >= 15 is 0 Å². The molecule has 27 heavy (non-hydrogen) atoms. The summed E-state index contributed by atoms with van der Waals surface area (Å²) in [5.74, 6) is 2.38. The molecule has 0 unspecified atom stereocenters. The molecule has 0 aliphatic heterocycles. The van der Waals surface area contributed by atoms with Gasteiger partial charge in [-0.2, -0.15) is 0 Å². The number of hydrogen-bond donors (Lipinski definition) is 1.